The third-order valence-corrected chi connectivity index (χ3v) is 4.14. The molecule has 0 aromatic heterocycles. The molecule has 0 radical (unpaired) electrons. The van der Waals surface area contributed by atoms with Gasteiger partial charge in [-0.15, -0.1) is 0 Å². The average molecular weight is 349 g/mol. The van der Waals surface area contributed by atoms with E-state index in [1.165, 1.54) is 18.2 Å². The van der Waals surface area contributed by atoms with Gasteiger partial charge in [-0.25, -0.2) is 13.2 Å². The summed E-state index contributed by atoms with van der Waals surface area (Å²) in [5, 5.41) is 2.46. The molecule has 1 aliphatic rings. The molecule has 0 bridgehead atoms. The number of anilines is 2. The van der Waals surface area contributed by atoms with Crippen LogP contribution < -0.4 is 10.2 Å². The molecule has 1 saturated heterocycles. The number of hydrogen-bond acceptors (Lipinski definition) is 3. The van der Waals surface area contributed by atoms with Gasteiger partial charge in [-0.05, 0) is 36.4 Å². The molecule has 2 aromatic carbocycles. The number of nitrogens with zero attached hydrogens (tertiary/aromatic N) is 2. The first-order valence-electron chi connectivity index (χ1n) is 7.99. The highest BCUT2D eigenvalue weighted by Gasteiger charge is 2.19. The van der Waals surface area contributed by atoms with Crippen LogP contribution in [0.5, 0.6) is 0 Å². The molecule has 132 valence electrons. The Bertz CT molecular complexity index is 744. The van der Waals surface area contributed by atoms with E-state index in [1.54, 1.807) is 12.1 Å². The van der Waals surface area contributed by atoms with Crippen molar-refractivity contribution in [3.05, 3.63) is 59.9 Å². The van der Waals surface area contributed by atoms with Gasteiger partial charge in [0.1, 0.15) is 17.5 Å². The van der Waals surface area contributed by atoms with Gasteiger partial charge in [0.15, 0.2) is 0 Å². The molecule has 0 atom stereocenters. The summed E-state index contributed by atoms with van der Waals surface area (Å²) >= 11 is 0. The molecule has 1 heterocycles. The van der Waals surface area contributed by atoms with Crippen LogP contribution in [0, 0.1) is 17.5 Å². The number of amides is 1. The third kappa shape index (κ3) is 4.51. The molecule has 1 amide bonds. The van der Waals surface area contributed by atoms with Crippen LogP contribution in [0.25, 0.3) is 0 Å². The molecule has 0 aliphatic carbocycles. The largest absolute Gasteiger partial charge is 0.369 e. The predicted octanol–water partition coefficient (Wildman–Crippen LogP) is 2.86. The van der Waals surface area contributed by atoms with Gasteiger partial charge in [-0.1, -0.05) is 0 Å². The number of carbonyl (C=O) groups excluding carboxylic acids is 1. The highest BCUT2D eigenvalue weighted by Crippen LogP contribution is 2.17. The Morgan fingerprint density at radius 3 is 2.20 bits per heavy atom. The summed E-state index contributed by atoms with van der Waals surface area (Å²) in [4.78, 5) is 16.1. The molecule has 4 nitrogen and oxygen atoms in total. The second-order valence-electron chi connectivity index (χ2n) is 5.91. The minimum atomic E-state index is -0.797. The quantitative estimate of drug-likeness (QED) is 0.922. The lowest BCUT2D eigenvalue weighted by molar-refractivity contribution is -0.117. The molecule has 1 fully saturated rings. The highest BCUT2D eigenvalue weighted by molar-refractivity contribution is 5.92. The van der Waals surface area contributed by atoms with Gasteiger partial charge in [0, 0.05) is 37.9 Å². The maximum Gasteiger partial charge on any atom is 0.238 e. The first-order chi connectivity index (χ1) is 12.0. The molecule has 25 heavy (non-hydrogen) atoms. The fraction of sp³-hybridized carbons (Fsp3) is 0.278. The Kier molecular flexibility index (Phi) is 5.23. The standard InChI is InChI=1S/C18H18F3N3O/c19-13-1-4-15(5-2-13)24-9-7-23(8-10-24)12-18(25)22-17-6-3-14(20)11-16(17)21/h1-6,11H,7-10,12H2,(H,22,25). The number of benzene rings is 2. The second kappa shape index (κ2) is 7.57. The Balaban J connectivity index is 1.50. The van der Waals surface area contributed by atoms with E-state index in [9.17, 15) is 18.0 Å². The van der Waals surface area contributed by atoms with Crippen LogP contribution in [0.15, 0.2) is 42.5 Å². The van der Waals surface area contributed by atoms with Crippen LogP contribution in [-0.4, -0.2) is 43.5 Å². The number of nitrogens with one attached hydrogen (secondary N) is 1. The van der Waals surface area contributed by atoms with Crippen molar-refractivity contribution >= 4 is 17.3 Å². The topological polar surface area (TPSA) is 35.6 Å². The normalized spacial score (nSPS) is 15.2. The van der Waals surface area contributed by atoms with Gasteiger partial charge in [-0.3, -0.25) is 9.69 Å². The lowest BCUT2D eigenvalue weighted by Gasteiger charge is -2.35. The molecule has 0 unspecified atom stereocenters. The summed E-state index contributed by atoms with van der Waals surface area (Å²) in [6, 6.07) is 9.34. The summed E-state index contributed by atoms with van der Waals surface area (Å²) in [6.07, 6.45) is 0. The Labute approximate surface area is 143 Å². The minimum Gasteiger partial charge on any atom is -0.369 e. The van der Waals surface area contributed by atoms with E-state index >= 15 is 0 Å². The van der Waals surface area contributed by atoms with Crippen LogP contribution in [0.3, 0.4) is 0 Å². The maximum atomic E-state index is 13.6. The third-order valence-electron chi connectivity index (χ3n) is 4.14. The van der Waals surface area contributed by atoms with Crippen LogP contribution in [0.2, 0.25) is 0 Å². The van der Waals surface area contributed by atoms with Crippen molar-refractivity contribution in [3.8, 4) is 0 Å². The van der Waals surface area contributed by atoms with E-state index in [2.05, 4.69) is 10.2 Å². The molecule has 0 spiro atoms. The summed E-state index contributed by atoms with van der Waals surface area (Å²) in [5.41, 5.74) is 0.912. The highest BCUT2D eigenvalue weighted by atomic mass is 19.1. The minimum absolute atomic E-state index is 0.0312. The molecular weight excluding hydrogens is 331 g/mol. The summed E-state index contributed by atoms with van der Waals surface area (Å²) in [7, 11) is 0. The first kappa shape index (κ1) is 17.3. The predicted molar refractivity (Wildman–Crippen MR) is 90.0 cm³/mol. The summed E-state index contributed by atoms with van der Waals surface area (Å²) in [6.45, 7) is 2.88. The maximum absolute atomic E-state index is 13.6. The van der Waals surface area contributed by atoms with Gasteiger partial charge < -0.3 is 10.2 Å². The van der Waals surface area contributed by atoms with Gasteiger partial charge >= 0.3 is 0 Å². The Hall–Kier alpha value is -2.54. The van der Waals surface area contributed by atoms with E-state index in [1.807, 2.05) is 4.90 Å². The van der Waals surface area contributed by atoms with Crippen LogP contribution >= 0.6 is 0 Å². The second-order valence-corrected chi connectivity index (χ2v) is 5.91. The smallest absolute Gasteiger partial charge is 0.238 e. The van der Waals surface area contributed by atoms with E-state index in [0.29, 0.717) is 26.2 Å². The van der Waals surface area contributed by atoms with Crippen LogP contribution in [0.4, 0.5) is 24.5 Å². The molecule has 3 rings (SSSR count). The number of carbonyl (C=O) groups is 1. The Morgan fingerprint density at radius 1 is 0.920 bits per heavy atom. The van der Waals surface area contributed by atoms with Crippen molar-refractivity contribution in [2.75, 3.05) is 42.9 Å². The van der Waals surface area contributed by atoms with Crippen LogP contribution in [0.1, 0.15) is 0 Å². The van der Waals surface area contributed by atoms with Gasteiger partial charge in [0.25, 0.3) is 0 Å². The van der Waals surface area contributed by atoms with Crippen molar-refractivity contribution in [2.24, 2.45) is 0 Å². The fourth-order valence-electron chi connectivity index (χ4n) is 2.80. The van der Waals surface area contributed by atoms with E-state index in [0.717, 1.165) is 17.8 Å². The number of hydrogen-bond donors (Lipinski definition) is 1. The fourth-order valence-corrected chi connectivity index (χ4v) is 2.80. The zero-order chi connectivity index (χ0) is 17.8. The summed E-state index contributed by atoms with van der Waals surface area (Å²) in [5.74, 6) is -2.10. The molecular formula is C18H18F3N3O. The molecule has 1 aliphatic heterocycles. The van der Waals surface area contributed by atoms with Crippen molar-refractivity contribution in [3.63, 3.8) is 0 Å². The van der Waals surface area contributed by atoms with Gasteiger partial charge in [0.05, 0.1) is 12.2 Å². The SMILES string of the molecule is O=C(CN1CCN(c2ccc(F)cc2)CC1)Nc1ccc(F)cc1F. The first-order valence-corrected chi connectivity index (χ1v) is 7.99. The molecule has 2 aromatic rings. The zero-order valence-corrected chi connectivity index (χ0v) is 13.5. The lowest BCUT2D eigenvalue weighted by Crippen LogP contribution is -2.48. The molecule has 7 heteroatoms. The Morgan fingerprint density at radius 2 is 1.56 bits per heavy atom. The van der Waals surface area contributed by atoms with Crippen molar-refractivity contribution < 1.29 is 18.0 Å². The molecule has 0 saturated carbocycles. The lowest BCUT2D eigenvalue weighted by atomic mass is 10.2. The molecule has 1 N–H and O–H groups in total. The van der Waals surface area contributed by atoms with E-state index in [-0.39, 0.29) is 24.0 Å². The monoisotopic (exact) mass is 349 g/mol. The van der Waals surface area contributed by atoms with Gasteiger partial charge in [-0.2, -0.15) is 0 Å². The van der Waals surface area contributed by atoms with Crippen molar-refractivity contribution in [1.82, 2.24) is 4.90 Å². The van der Waals surface area contributed by atoms with Crippen molar-refractivity contribution in [2.45, 2.75) is 0 Å². The van der Waals surface area contributed by atoms with Crippen molar-refractivity contribution in [1.29, 1.82) is 0 Å². The average Bonchev–Trinajstić information content (AvgIpc) is 2.59. The summed E-state index contributed by atoms with van der Waals surface area (Å²) < 4.78 is 39.4. The van der Waals surface area contributed by atoms with Gasteiger partial charge in [0.2, 0.25) is 5.91 Å². The number of halogens is 3. The number of rotatable bonds is 4. The van der Waals surface area contributed by atoms with Crippen LogP contribution in [-0.2, 0) is 4.79 Å². The number of piperazine rings is 1. The zero-order valence-electron chi connectivity index (χ0n) is 13.5. The van der Waals surface area contributed by atoms with E-state index < -0.39 is 11.6 Å². The van der Waals surface area contributed by atoms with E-state index in [4.69, 9.17) is 0 Å².